The van der Waals surface area contributed by atoms with E-state index in [9.17, 15) is 0 Å². The Morgan fingerprint density at radius 3 is 2.42 bits per heavy atom. The molecule has 0 saturated heterocycles. The maximum Gasteiger partial charge on any atom is 0.0596 e. The van der Waals surface area contributed by atoms with Crippen LogP contribution in [-0.2, 0) is 4.74 Å². The zero-order chi connectivity index (χ0) is 8.39. The smallest absolute Gasteiger partial charge is 0.0596 e. The van der Waals surface area contributed by atoms with Crippen LogP contribution in [0.4, 0.5) is 0 Å². The minimum atomic E-state index is 0.579. The van der Waals surface area contributed by atoms with E-state index in [1.165, 1.54) is 38.5 Å². The molecule has 0 bridgehead atoms. The van der Waals surface area contributed by atoms with Crippen LogP contribution in [0.25, 0.3) is 0 Å². The van der Waals surface area contributed by atoms with E-state index in [1.54, 1.807) is 0 Å². The lowest BCUT2D eigenvalue weighted by atomic mass is 9.96. The van der Waals surface area contributed by atoms with Crippen molar-refractivity contribution < 1.29 is 4.74 Å². The van der Waals surface area contributed by atoms with Crippen molar-refractivity contribution in [3.63, 3.8) is 0 Å². The molecule has 70 valence electrons. The van der Waals surface area contributed by atoms with Crippen molar-refractivity contribution in [1.29, 1.82) is 0 Å². The molecule has 2 rings (SSSR count). The van der Waals surface area contributed by atoms with Gasteiger partial charge in [0.1, 0.15) is 0 Å². The van der Waals surface area contributed by atoms with Gasteiger partial charge in [-0.05, 0) is 31.6 Å². The van der Waals surface area contributed by atoms with Gasteiger partial charge in [0, 0.05) is 11.4 Å². The van der Waals surface area contributed by atoms with E-state index in [1.807, 2.05) is 0 Å². The maximum absolute atomic E-state index is 5.80. The third-order valence-electron chi connectivity index (χ3n) is 3.08. The van der Waals surface area contributed by atoms with Crippen molar-refractivity contribution in [2.75, 3.05) is 6.61 Å². The van der Waals surface area contributed by atoms with E-state index >= 15 is 0 Å². The third kappa shape index (κ3) is 2.23. The number of alkyl halides is 1. The molecule has 0 aromatic heterocycles. The number of rotatable bonds is 3. The number of ether oxygens (including phenoxy) is 1. The van der Waals surface area contributed by atoms with Gasteiger partial charge in [-0.3, -0.25) is 0 Å². The van der Waals surface area contributed by atoms with Crippen LogP contribution in [0.2, 0.25) is 0 Å². The Balaban J connectivity index is 1.56. The highest BCUT2D eigenvalue weighted by atomic mass is 79.9. The fraction of sp³-hybridized carbons (Fsp3) is 1.00. The summed E-state index contributed by atoms with van der Waals surface area (Å²) in [5, 5.41) is 0. The van der Waals surface area contributed by atoms with Crippen LogP contribution in [-0.4, -0.2) is 17.5 Å². The molecule has 0 amide bonds. The van der Waals surface area contributed by atoms with Crippen molar-refractivity contribution in [3.8, 4) is 0 Å². The van der Waals surface area contributed by atoms with Gasteiger partial charge in [-0.2, -0.15) is 0 Å². The van der Waals surface area contributed by atoms with Crippen LogP contribution in [0.5, 0.6) is 0 Å². The average molecular weight is 233 g/mol. The summed E-state index contributed by atoms with van der Waals surface area (Å²) >= 11 is 3.57. The Morgan fingerprint density at radius 1 is 1.17 bits per heavy atom. The van der Waals surface area contributed by atoms with Crippen molar-refractivity contribution >= 4 is 15.9 Å². The van der Waals surface area contributed by atoms with E-state index in [0.717, 1.165) is 17.4 Å². The molecule has 0 aliphatic heterocycles. The second-order valence-electron chi connectivity index (χ2n) is 4.17. The molecule has 2 aliphatic carbocycles. The lowest BCUT2D eigenvalue weighted by molar-refractivity contribution is -0.0103. The number of halogens is 1. The first-order valence-corrected chi connectivity index (χ1v) is 6.02. The van der Waals surface area contributed by atoms with Crippen molar-refractivity contribution in [1.82, 2.24) is 0 Å². The summed E-state index contributed by atoms with van der Waals surface area (Å²) in [5.74, 6) is 0.888. The van der Waals surface area contributed by atoms with Crippen molar-refractivity contribution in [2.45, 2.75) is 49.5 Å². The predicted octanol–water partition coefficient (Wildman–Crippen LogP) is 3.12. The molecule has 0 aromatic carbocycles. The Hall–Kier alpha value is 0.440. The Kier molecular flexibility index (Phi) is 3.08. The molecule has 0 unspecified atom stereocenters. The summed E-state index contributed by atoms with van der Waals surface area (Å²) < 4.78 is 5.80. The molecule has 0 N–H and O–H groups in total. The van der Waals surface area contributed by atoms with Crippen LogP contribution in [0, 0.1) is 5.92 Å². The largest absolute Gasteiger partial charge is 0.378 e. The first kappa shape index (κ1) is 9.01. The molecule has 2 aliphatic rings. The summed E-state index contributed by atoms with van der Waals surface area (Å²) in [5.41, 5.74) is 0. The average Bonchev–Trinajstić information content (AvgIpc) is 2.47. The Bertz CT molecular complexity index is 137. The summed E-state index contributed by atoms with van der Waals surface area (Å²) in [6, 6.07) is 0. The van der Waals surface area contributed by atoms with Gasteiger partial charge in [-0.15, -0.1) is 0 Å². The third-order valence-corrected chi connectivity index (χ3v) is 3.83. The molecular weight excluding hydrogens is 216 g/mol. The molecule has 0 atom stereocenters. The SMILES string of the molecule is BrC1CC(OCC2CCCC2)C1. The standard InChI is InChI=1S/C10H17BrO/c11-9-5-10(6-9)12-7-8-3-1-2-4-8/h8-10H,1-7H2. The van der Waals surface area contributed by atoms with Gasteiger partial charge in [0.05, 0.1) is 6.10 Å². The summed E-state index contributed by atoms with van der Waals surface area (Å²) in [6.07, 6.45) is 8.71. The second kappa shape index (κ2) is 4.10. The van der Waals surface area contributed by atoms with E-state index in [0.29, 0.717) is 6.10 Å². The van der Waals surface area contributed by atoms with Crippen LogP contribution >= 0.6 is 15.9 Å². The minimum absolute atomic E-state index is 0.579. The van der Waals surface area contributed by atoms with Gasteiger partial charge in [-0.1, -0.05) is 28.8 Å². The predicted molar refractivity (Wildman–Crippen MR) is 53.6 cm³/mol. The van der Waals surface area contributed by atoms with Gasteiger partial charge in [0.2, 0.25) is 0 Å². The first-order valence-electron chi connectivity index (χ1n) is 5.10. The Labute approximate surface area is 83.0 Å². The Morgan fingerprint density at radius 2 is 1.83 bits per heavy atom. The van der Waals surface area contributed by atoms with Gasteiger partial charge >= 0.3 is 0 Å². The van der Waals surface area contributed by atoms with E-state index in [4.69, 9.17) is 4.74 Å². The topological polar surface area (TPSA) is 9.23 Å². The molecule has 0 radical (unpaired) electrons. The highest BCUT2D eigenvalue weighted by Crippen LogP contribution is 2.32. The first-order chi connectivity index (χ1) is 5.84. The van der Waals surface area contributed by atoms with Crippen LogP contribution in [0.15, 0.2) is 0 Å². The summed E-state index contributed by atoms with van der Waals surface area (Å²) in [6.45, 7) is 1.03. The van der Waals surface area contributed by atoms with E-state index in [-0.39, 0.29) is 0 Å². The zero-order valence-electron chi connectivity index (χ0n) is 7.47. The number of hydrogen-bond donors (Lipinski definition) is 0. The number of hydrogen-bond acceptors (Lipinski definition) is 1. The lowest BCUT2D eigenvalue weighted by Gasteiger charge is -2.31. The molecule has 2 heteroatoms. The van der Waals surface area contributed by atoms with Gasteiger partial charge in [-0.25, -0.2) is 0 Å². The van der Waals surface area contributed by atoms with Gasteiger partial charge < -0.3 is 4.74 Å². The molecule has 0 aromatic rings. The van der Waals surface area contributed by atoms with Crippen molar-refractivity contribution in [3.05, 3.63) is 0 Å². The minimum Gasteiger partial charge on any atom is -0.378 e. The van der Waals surface area contributed by atoms with Gasteiger partial charge in [0.25, 0.3) is 0 Å². The molecular formula is C10H17BrO. The van der Waals surface area contributed by atoms with Crippen molar-refractivity contribution in [2.24, 2.45) is 5.92 Å². The zero-order valence-corrected chi connectivity index (χ0v) is 9.05. The highest BCUT2D eigenvalue weighted by Gasteiger charge is 2.28. The van der Waals surface area contributed by atoms with Crippen LogP contribution in [0.1, 0.15) is 38.5 Å². The molecule has 2 fully saturated rings. The fourth-order valence-corrected chi connectivity index (χ4v) is 2.92. The molecule has 2 saturated carbocycles. The lowest BCUT2D eigenvalue weighted by Crippen LogP contribution is -2.32. The molecule has 0 spiro atoms. The maximum atomic E-state index is 5.80. The second-order valence-corrected chi connectivity index (χ2v) is 5.47. The summed E-state index contributed by atoms with van der Waals surface area (Å²) in [7, 11) is 0. The monoisotopic (exact) mass is 232 g/mol. The quantitative estimate of drug-likeness (QED) is 0.680. The van der Waals surface area contributed by atoms with Gasteiger partial charge in [0.15, 0.2) is 0 Å². The van der Waals surface area contributed by atoms with Crippen LogP contribution in [0.3, 0.4) is 0 Å². The van der Waals surface area contributed by atoms with E-state index in [2.05, 4.69) is 15.9 Å². The fourth-order valence-electron chi connectivity index (χ4n) is 2.09. The molecule has 12 heavy (non-hydrogen) atoms. The normalized spacial score (nSPS) is 36.8. The van der Waals surface area contributed by atoms with Crippen LogP contribution < -0.4 is 0 Å². The molecule has 0 heterocycles. The summed E-state index contributed by atoms with van der Waals surface area (Å²) in [4.78, 5) is 0.742. The highest BCUT2D eigenvalue weighted by molar-refractivity contribution is 9.09. The molecule has 1 nitrogen and oxygen atoms in total. The van der Waals surface area contributed by atoms with E-state index < -0.39 is 0 Å².